The van der Waals surface area contributed by atoms with E-state index < -0.39 is 12.2 Å². The lowest BCUT2D eigenvalue weighted by molar-refractivity contribution is 0.153. The fraction of sp³-hybridized carbons (Fsp3) is 0.105. The number of benzene rings is 1. The number of pyridine rings is 2. The van der Waals surface area contributed by atoms with E-state index in [1.54, 1.807) is 31.6 Å². The number of aryl methyl sites for hydroxylation is 1. The van der Waals surface area contributed by atoms with Gasteiger partial charge in [0.2, 0.25) is 0 Å². The second-order valence-electron chi connectivity index (χ2n) is 5.81. The van der Waals surface area contributed by atoms with Crippen LogP contribution in [0.2, 0.25) is 0 Å². The number of rotatable bonds is 3. The Morgan fingerprint density at radius 1 is 0.962 bits per heavy atom. The predicted molar refractivity (Wildman–Crippen MR) is 92.1 cm³/mol. The lowest BCUT2D eigenvalue weighted by atomic mass is 10.0. The molecule has 1 aromatic carbocycles. The van der Waals surface area contributed by atoms with Crippen LogP contribution < -0.4 is 0 Å². The number of hydrogen-bond acceptors (Lipinski definition) is 3. The van der Waals surface area contributed by atoms with E-state index in [9.17, 15) is 13.2 Å². The highest BCUT2D eigenvalue weighted by Gasteiger charge is 2.22. The number of aromatic nitrogens is 4. The molecule has 0 unspecified atom stereocenters. The summed E-state index contributed by atoms with van der Waals surface area (Å²) < 4.78 is 42.3. The first kappa shape index (κ1) is 16.3. The van der Waals surface area contributed by atoms with Crippen molar-refractivity contribution < 1.29 is 13.2 Å². The Morgan fingerprint density at radius 3 is 2.31 bits per heavy atom. The van der Waals surface area contributed by atoms with Crippen molar-refractivity contribution in [3.8, 4) is 22.5 Å². The van der Waals surface area contributed by atoms with Gasteiger partial charge in [0.15, 0.2) is 5.65 Å². The van der Waals surface area contributed by atoms with Gasteiger partial charge in [0, 0.05) is 36.1 Å². The van der Waals surface area contributed by atoms with Gasteiger partial charge in [-0.2, -0.15) is 5.10 Å². The third kappa shape index (κ3) is 2.71. The largest absolute Gasteiger partial charge is 0.265 e. The van der Waals surface area contributed by atoms with Crippen LogP contribution >= 0.6 is 0 Å². The molecule has 0 saturated carbocycles. The Bertz CT molecular complexity index is 1070. The number of nitrogens with zero attached hydrogens (tertiary/aromatic N) is 4. The topological polar surface area (TPSA) is 43.6 Å². The molecule has 4 nitrogen and oxygen atoms in total. The molecule has 26 heavy (non-hydrogen) atoms. The molecule has 4 rings (SSSR count). The molecular weight excluding hydrogens is 341 g/mol. The Labute approximate surface area is 147 Å². The molecule has 0 spiro atoms. The Morgan fingerprint density at radius 2 is 1.65 bits per heavy atom. The minimum Gasteiger partial charge on any atom is -0.265 e. The minimum absolute atomic E-state index is 0.158. The molecule has 0 atom stereocenters. The summed E-state index contributed by atoms with van der Waals surface area (Å²) in [7, 11) is 1.66. The van der Waals surface area contributed by atoms with Crippen molar-refractivity contribution in [2.45, 2.75) is 6.43 Å². The van der Waals surface area contributed by atoms with E-state index >= 15 is 0 Å². The zero-order chi connectivity index (χ0) is 18.3. The third-order valence-electron chi connectivity index (χ3n) is 4.15. The molecule has 0 aliphatic carbocycles. The van der Waals surface area contributed by atoms with Crippen molar-refractivity contribution in [3.05, 3.63) is 66.2 Å². The zero-order valence-corrected chi connectivity index (χ0v) is 13.7. The first-order chi connectivity index (χ1) is 12.5. The molecule has 0 aliphatic rings. The average Bonchev–Trinajstić information content (AvgIpc) is 2.99. The minimum atomic E-state index is -2.70. The molecule has 7 heteroatoms. The van der Waals surface area contributed by atoms with Gasteiger partial charge >= 0.3 is 0 Å². The van der Waals surface area contributed by atoms with Crippen molar-refractivity contribution >= 4 is 11.0 Å². The van der Waals surface area contributed by atoms with Crippen molar-refractivity contribution in [3.63, 3.8) is 0 Å². The molecule has 4 aromatic rings. The molecule has 0 radical (unpaired) electrons. The van der Waals surface area contributed by atoms with Crippen LogP contribution in [0.4, 0.5) is 13.2 Å². The van der Waals surface area contributed by atoms with Crippen LogP contribution in [-0.2, 0) is 7.05 Å². The van der Waals surface area contributed by atoms with Gasteiger partial charge in [-0.15, -0.1) is 0 Å². The van der Waals surface area contributed by atoms with Crippen molar-refractivity contribution in [1.29, 1.82) is 0 Å². The van der Waals surface area contributed by atoms with Gasteiger partial charge in [-0.05, 0) is 42.5 Å². The third-order valence-corrected chi connectivity index (χ3v) is 4.15. The summed E-state index contributed by atoms with van der Waals surface area (Å²) in [6.45, 7) is 0. The quantitative estimate of drug-likeness (QED) is 0.532. The molecule has 3 aromatic heterocycles. The van der Waals surface area contributed by atoms with E-state index in [0.29, 0.717) is 33.5 Å². The van der Waals surface area contributed by atoms with Gasteiger partial charge in [0.25, 0.3) is 6.43 Å². The summed E-state index contributed by atoms with van der Waals surface area (Å²) in [6.07, 6.45) is 0.459. The highest BCUT2D eigenvalue weighted by molar-refractivity contribution is 5.95. The maximum atomic E-state index is 13.8. The summed E-state index contributed by atoms with van der Waals surface area (Å²) in [5.74, 6) is -0.399. The Kier molecular flexibility index (Phi) is 3.91. The standard InChI is InChI=1S/C19H13F3N4/c1-26-19-16(17(25-26)12-6-8-23-9-7-12)14(18(21)22)10-15(24-19)11-2-4-13(20)5-3-11/h2-10,18H,1H3. The van der Waals surface area contributed by atoms with Crippen LogP contribution in [0.5, 0.6) is 0 Å². The average molecular weight is 354 g/mol. The van der Waals surface area contributed by atoms with Crippen molar-refractivity contribution in [2.75, 3.05) is 0 Å². The van der Waals surface area contributed by atoms with E-state index in [2.05, 4.69) is 15.1 Å². The summed E-state index contributed by atoms with van der Waals surface area (Å²) >= 11 is 0. The van der Waals surface area contributed by atoms with Crippen LogP contribution in [0.25, 0.3) is 33.5 Å². The van der Waals surface area contributed by atoms with E-state index in [1.165, 1.54) is 35.0 Å². The summed E-state index contributed by atoms with van der Waals surface area (Å²) in [5.41, 5.74) is 2.20. The van der Waals surface area contributed by atoms with Crippen LogP contribution in [0.1, 0.15) is 12.0 Å². The maximum absolute atomic E-state index is 13.8. The highest BCUT2D eigenvalue weighted by Crippen LogP contribution is 2.36. The van der Waals surface area contributed by atoms with E-state index in [4.69, 9.17) is 0 Å². The monoisotopic (exact) mass is 354 g/mol. The van der Waals surface area contributed by atoms with Crippen molar-refractivity contribution in [1.82, 2.24) is 19.7 Å². The summed E-state index contributed by atoms with van der Waals surface area (Å²) in [6, 6.07) is 10.3. The molecule has 0 amide bonds. The number of alkyl halides is 2. The normalized spacial score (nSPS) is 11.4. The molecule has 0 aliphatic heterocycles. The fourth-order valence-corrected chi connectivity index (χ4v) is 2.93. The van der Waals surface area contributed by atoms with E-state index in [-0.39, 0.29) is 5.56 Å². The van der Waals surface area contributed by atoms with Crippen molar-refractivity contribution in [2.24, 2.45) is 7.05 Å². The molecule has 3 heterocycles. The molecule has 0 fully saturated rings. The SMILES string of the molecule is Cn1nc(-c2ccncc2)c2c(C(F)F)cc(-c3ccc(F)cc3)nc21. The van der Waals surface area contributed by atoms with Gasteiger partial charge < -0.3 is 0 Å². The van der Waals surface area contributed by atoms with Gasteiger partial charge in [-0.3, -0.25) is 4.98 Å². The lowest BCUT2D eigenvalue weighted by Gasteiger charge is -2.08. The van der Waals surface area contributed by atoms with E-state index in [0.717, 1.165) is 0 Å². The van der Waals surface area contributed by atoms with Crippen LogP contribution in [0, 0.1) is 5.82 Å². The Balaban J connectivity index is 2.00. The second-order valence-corrected chi connectivity index (χ2v) is 5.81. The Hall–Kier alpha value is -3.22. The number of fused-ring (bicyclic) bond motifs is 1. The first-order valence-electron chi connectivity index (χ1n) is 7.86. The number of halogens is 3. The maximum Gasteiger partial charge on any atom is 0.264 e. The molecule has 0 saturated heterocycles. The van der Waals surface area contributed by atoms with Gasteiger partial charge in [-0.1, -0.05) is 0 Å². The van der Waals surface area contributed by atoms with Crippen LogP contribution in [-0.4, -0.2) is 19.7 Å². The zero-order valence-electron chi connectivity index (χ0n) is 13.7. The number of hydrogen-bond donors (Lipinski definition) is 0. The smallest absolute Gasteiger partial charge is 0.264 e. The van der Waals surface area contributed by atoms with Gasteiger partial charge in [0.1, 0.15) is 11.5 Å². The molecule has 0 N–H and O–H groups in total. The van der Waals surface area contributed by atoms with E-state index in [1.807, 2.05) is 0 Å². The lowest BCUT2D eigenvalue weighted by Crippen LogP contribution is -1.96. The van der Waals surface area contributed by atoms with Crippen LogP contribution in [0.15, 0.2) is 54.9 Å². The highest BCUT2D eigenvalue weighted by atomic mass is 19.3. The van der Waals surface area contributed by atoms with Crippen LogP contribution in [0.3, 0.4) is 0 Å². The summed E-state index contributed by atoms with van der Waals surface area (Å²) in [4.78, 5) is 8.44. The van der Waals surface area contributed by atoms with Gasteiger partial charge in [0.05, 0.1) is 11.1 Å². The second kappa shape index (κ2) is 6.25. The molecular formula is C19H13F3N4. The molecule has 0 bridgehead atoms. The fourth-order valence-electron chi connectivity index (χ4n) is 2.93. The van der Waals surface area contributed by atoms with Gasteiger partial charge in [-0.25, -0.2) is 22.8 Å². The first-order valence-corrected chi connectivity index (χ1v) is 7.86. The predicted octanol–water partition coefficient (Wildman–Crippen LogP) is 4.77. The summed E-state index contributed by atoms with van der Waals surface area (Å²) in [5, 5.41) is 4.69. The molecule has 130 valence electrons.